The van der Waals surface area contributed by atoms with Crippen LogP contribution in [0.3, 0.4) is 0 Å². The maximum Gasteiger partial charge on any atom is 0.147 e. The molecule has 1 N–H and O–H groups in total. The van der Waals surface area contributed by atoms with Crippen LogP contribution in [0.1, 0.15) is 5.56 Å². The van der Waals surface area contributed by atoms with Crippen LogP contribution in [0.4, 0.5) is 20.2 Å². The highest BCUT2D eigenvalue weighted by molar-refractivity contribution is 6.33. The maximum absolute atomic E-state index is 13.6. The summed E-state index contributed by atoms with van der Waals surface area (Å²) in [5.41, 5.74) is 0.785. The van der Waals surface area contributed by atoms with Crippen LogP contribution in [0.2, 0.25) is 5.02 Å². The predicted octanol–water partition coefficient (Wildman–Crippen LogP) is 4.23. The summed E-state index contributed by atoms with van der Waals surface area (Å²) >= 11 is 5.81. The van der Waals surface area contributed by atoms with Gasteiger partial charge in [0.15, 0.2) is 0 Å². The lowest BCUT2D eigenvalue weighted by atomic mass is 10.2. The lowest BCUT2D eigenvalue weighted by Crippen LogP contribution is -1.95. The molecule has 0 heterocycles. The van der Waals surface area contributed by atoms with Gasteiger partial charge in [0, 0.05) is 0 Å². The van der Waals surface area contributed by atoms with Crippen molar-refractivity contribution < 1.29 is 8.78 Å². The van der Waals surface area contributed by atoms with E-state index in [0.29, 0.717) is 5.69 Å². The average Bonchev–Trinajstić information content (AvgIpc) is 2.34. The molecule has 0 aliphatic rings. The zero-order chi connectivity index (χ0) is 13.1. The van der Waals surface area contributed by atoms with E-state index in [2.05, 4.69) is 5.32 Å². The van der Waals surface area contributed by atoms with Gasteiger partial charge in [-0.25, -0.2) is 8.78 Å². The molecule has 90 valence electrons. The van der Waals surface area contributed by atoms with Gasteiger partial charge >= 0.3 is 0 Å². The van der Waals surface area contributed by atoms with Crippen LogP contribution in [0, 0.1) is 23.0 Å². The van der Waals surface area contributed by atoms with Gasteiger partial charge in [0.1, 0.15) is 11.6 Å². The van der Waals surface area contributed by atoms with Gasteiger partial charge in [0.05, 0.1) is 28.0 Å². The first-order valence-electron chi connectivity index (χ1n) is 5.02. The van der Waals surface area contributed by atoms with Crippen molar-refractivity contribution in [3.63, 3.8) is 0 Å². The summed E-state index contributed by atoms with van der Waals surface area (Å²) in [6.07, 6.45) is 0. The van der Waals surface area contributed by atoms with Gasteiger partial charge in [-0.15, -0.1) is 0 Å². The molecule has 0 fully saturated rings. The van der Waals surface area contributed by atoms with E-state index >= 15 is 0 Å². The number of nitrogens with zero attached hydrogens (tertiary/aromatic N) is 1. The highest BCUT2D eigenvalue weighted by Gasteiger charge is 2.07. The molecule has 2 nitrogen and oxygen atoms in total. The Morgan fingerprint density at radius 2 is 1.78 bits per heavy atom. The van der Waals surface area contributed by atoms with E-state index in [-0.39, 0.29) is 16.3 Å². The molecule has 0 aliphatic heterocycles. The Morgan fingerprint density at radius 1 is 1.06 bits per heavy atom. The van der Waals surface area contributed by atoms with Gasteiger partial charge in [0.25, 0.3) is 0 Å². The van der Waals surface area contributed by atoms with Crippen LogP contribution in [0.5, 0.6) is 0 Å². The SMILES string of the molecule is N#Cc1ccc(Nc2ccc(F)cc2Cl)c(F)c1. The highest BCUT2D eigenvalue weighted by Crippen LogP contribution is 2.27. The topological polar surface area (TPSA) is 35.8 Å². The molecule has 2 rings (SSSR count). The quantitative estimate of drug-likeness (QED) is 0.881. The Balaban J connectivity index is 2.32. The molecule has 0 aliphatic carbocycles. The monoisotopic (exact) mass is 264 g/mol. The Labute approximate surface area is 107 Å². The second-order valence-corrected chi connectivity index (χ2v) is 3.96. The van der Waals surface area contributed by atoms with Gasteiger partial charge in [0.2, 0.25) is 0 Å². The summed E-state index contributed by atoms with van der Waals surface area (Å²) in [6.45, 7) is 0. The van der Waals surface area contributed by atoms with Gasteiger partial charge < -0.3 is 5.32 Å². The molecule has 2 aromatic rings. The molecule has 0 saturated carbocycles. The fraction of sp³-hybridized carbons (Fsp3) is 0. The average molecular weight is 265 g/mol. The van der Waals surface area contributed by atoms with E-state index in [1.54, 1.807) is 0 Å². The number of hydrogen-bond donors (Lipinski definition) is 1. The third kappa shape index (κ3) is 2.58. The molecule has 5 heteroatoms. The molecule has 0 amide bonds. The van der Waals surface area contributed by atoms with Crippen molar-refractivity contribution in [3.8, 4) is 6.07 Å². The van der Waals surface area contributed by atoms with Gasteiger partial charge in [-0.2, -0.15) is 5.26 Å². The number of nitriles is 1. The number of hydrogen-bond acceptors (Lipinski definition) is 2. The third-order valence-electron chi connectivity index (χ3n) is 2.30. The van der Waals surface area contributed by atoms with E-state index in [4.69, 9.17) is 16.9 Å². The van der Waals surface area contributed by atoms with E-state index in [1.807, 2.05) is 6.07 Å². The van der Waals surface area contributed by atoms with Crippen molar-refractivity contribution in [2.24, 2.45) is 0 Å². The summed E-state index contributed by atoms with van der Waals surface area (Å²) < 4.78 is 26.4. The van der Waals surface area contributed by atoms with Crippen molar-refractivity contribution in [2.45, 2.75) is 0 Å². The molecule has 0 unspecified atom stereocenters. The maximum atomic E-state index is 13.6. The Kier molecular flexibility index (Phi) is 3.45. The van der Waals surface area contributed by atoms with Crippen LogP contribution >= 0.6 is 11.6 Å². The van der Waals surface area contributed by atoms with Gasteiger partial charge in [-0.05, 0) is 36.4 Å². The van der Waals surface area contributed by atoms with Gasteiger partial charge in [-0.1, -0.05) is 11.6 Å². The number of nitrogens with one attached hydrogen (secondary N) is 1. The molecule has 0 atom stereocenters. The summed E-state index contributed by atoms with van der Waals surface area (Å²) in [5, 5.41) is 11.5. The summed E-state index contributed by atoms with van der Waals surface area (Å²) in [6, 6.07) is 9.60. The predicted molar refractivity (Wildman–Crippen MR) is 65.8 cm³/mol. The van der Waals surface area contributed by atoms with E-state index < -0.39 is 11.6 Å². The van der Waals surface area contributed by atoms with Crippen molar-refractivity contribution >= 4 is 23.0 Å². The molecular formula is C13H7ClF2N2. The Morgan fingerprint density at radius 3 is 2.39 bits per heavy atom. The zero-order valence-corrected chi connectivity index (χ0v) is 9.80. The molecule has 0 spiro atoms. The molecular weight excluding hydrogens is 258 g/mol. The minimum absolute atomic E-state index is 0.152. The minimum atomic E-state index is -0.575. The molecule has 2 aromatic carbocycles. The van der Waals surface area contributed by atoms with E-state index in [1.165, 1.54) is 24.3 Å². The fourth-order valence-corrected chi connectivity index (χ4v) is 1.64. The molecule has 0 radical (unpaired) electrons. The highest BCUT2D eigenvalue weighted by atomic mass is 35.5. The zero-order valence-electron chi connectivity index (χ0n) is 9.05. The largest absolute Gasteiger partial charge is 0.352 e. The van der Waals surface area contributed by atoms with Gasteiger partial charge in [-0.3, -0.25) is 0 Å². The molecule has 0 bridgehead atoms. The fourth-order valence-electron chi connectivity index (χ4n) is 1.42. The second-order valence-electron chi connectivity index (χ2n) is 3.56. The first-order valence-corrected chi connectivity index (χ1v) is 5.39. The second kappa shape index (κ2) is 5.03. The minimum Gasteiger partial charge on any atom is -0.352 e. The lowest BCUT2D eigenvalue weighted by molar-refractivity contribution is 0.628. The number of anilines is 2. The molecule has 18 heavy (non-hydrogen) atoms. The number of rotatable bonds is 2. The smallest absolute Gasteiger partial charge is 0.147 e. The van der Waals surface area contributed by atoms with Crippen LogP contribution in [-0.2, 0) is 0 Å². The van der Waals surface area contributed by atoms with E-state index in [9.17, 15) is 8.78 Å². The van der Waals surface area contributed by atoms with Crippen LogP contribution in [-0.4, -0.2) is 0 Å². The summed E-state index contributed by atoms with van der Waals surface area (Å²) in [7, 11) is 0. The van der Waals surface area contributed by atoms with E-state index in [0.717, 1.165) is 12.1 Å². The van der Waals surface area contributed by atoms with Crippen molar-refractivity contribution in [3.05, 3.63) is 58.6 Å². The van der Waals surface area contributed by atoms with Crippen LogP contribution in [0.15, 0.2) is 36.4 Å². The molecule has 0 saturated heterocycles. The normalized spacial score (nSPS) is 9.89. The third-order valence-corrected chi connectivity index (χ3v) is 2.61. The van der Waals surface area contributed by atoms with Crippen LogP contribution < -0.4 is 5.32 Å². The summed E-state index contributed by atoms with van der Waals surface area (Å²) in [5.74, 6) is -1.04. The summed E-state index contributed by atoms with van der Waals surface area (Å²) in [4.78, 5) is 0. The Bertz CT molecular complexity index is 635. The van der Waals surface area contributed by atoms with Crippen molar-refractivity contribution in [2.75, 3.05) is 5.32 Å². The first-order chi connectivity index (χ1) is 8.60. The number of benzene rings is 2. The van der Waals surface area contributed by atoms with Crippen molar-refractivity contribution in [1.29, 1.82) is 5.26 Å². The van der Waals surface area contributed by atoms with Crippen LogP contribution in [0.25, 0.3) is 0 Å². The Hall–Kier alpha value is -2.12. The van der Waals surface area contributed by atoms with Crippen molar-refractivity contribution in [1.82, 2.24) is 0 Å². The standard InChI is InChI=1S/C13H7ClF2N2/c14-10-6-9(15)2-4-12(10)18-13-3-1-8(7-17)5-11(13)16/h1-6,18H. The molecule has 0 aromatic heterocycles. The first kappa shape index (κ1) is 12.3. The number of halogens is 3. The lowest BCUT2D eigenvalue weighted by Gasteiger charge is -2.09.